The van der Waals surface area contributed by atoms with E-state index in [0.29, 0.717) is 17.9 Å². The Bertz CT molecular complexity index is 535. The molecule has 4 nitrogen and oxygen atoms in total. The van der Waals surface area contributed by atoms with E-state index in [1.54, 1.807) is 0 Å². The fraction of sp³-hybridized carbons (Fsp3) is 0.500. The summed E-state index contributed by atoms with van der Waals surface area (Å²) in [6.45, 7) is 3.96. The third-order valence-electron chi connectivity index (χ3n) is 4.55. The second-order valence-electron chi connectivity index (χ2n) is 5.73. The van der Waals surface area contributed by atoms with Gasteiger partial charge in [0.1, 0.15) is 0 Å². The smallest absolute Gasteiger partial charge is 0.261 e. The molecule has 1 fully saturated rings. The van der Waals surface area contributed by atoms with Crippen LogP contribution in [0.4, 0.5) is 0 Å². The number of carbonyl (C=O) groups excluding carboxylic acids is 2. The van der Waals surface area contributed by atoms with Gasteiger partial charge < -0.3 is 5.32 Å². The number of fused-ring (bicyclic) bond motifs is 1. The number of hydrogen-bond donors (Lipinski definition) is 1. The SMILES string of the molecule is CC(C1CCNCC1)N1C(=O)Cc2ccccc2C1=O. The molecule has 3 rings (SSSR count). The van der Waals surface area contributed by atoms with Crippen LogP contribution in [0.25, 0.3) is 0 Å². The molecule has 0 radical (unpaired) electrons. The summed E-state index contributed by atoms with van der Waals surface area (Å²) >= 11 is 0. The Kier molecular flexibility index (Phi) is 3.57. The Balaban J connectivity index is 1.86. The Morgan fingerprint density at radius 2 is 1.90 bits per heavy atom. The molecular formula is C16H20N2O2. The summed E-state index contributed by atoms with van der Waals surface area (Å²) in [5.41, 5.74) is 1.55. The second kappa shape index (κ2) is 5.37. The van der Waals surface area contributed by atoms with Crippen molar-refractivity contribution in [2.24, 2.45) is 5.92 Å². The molecule has 2 aliphatic heterocycles. The Labute approximate surface area is 119 Å². The number of amides is 2. The van der Waals surface area contributed by atoms with Gasteiger partial charge in [0.15, 0.2) is 0 Å². The van der Waals surface area contributed by atoms with E-state index in [0.717, 1.165) is 31.5 Å². The van der Waals surface area contributed by atoms with Crippen LogP contribution < -0.4 is 5.32 Å². The van der Waals surface area contributed by atoms with Crippen molar-refractivity contribution in [1.29, 1.82) is 0 Å². The monoisotopic (exact) mass is 272 g/mol. The quantitative estimate of drug-likeness (QED) is 0.832. The van der Waals surface area contributed by atoms with Gasteiger partial charge in [-0.05, 0) is 50.4 Å². The van der Waals surface area contributed by atoms with Gasteiger partial charge >= 0.3 is 0 Å². The second-order valence-corrected chi connectivity index (χ2v) is 5.73. The maximum atomic E-state index is 12.6. The minimum atomic E-state index is -0.122. The molecule has 1 aromatic carbocycles. The molecule has 0 aromatic heterocycles. The van der Waals surface area contributed by atoms with Crippen molar-refractivity contribution in [1.82, 2.24) is 10.2 Å². The number of carbonyl (C=O) groups is 2. The topological polar surface area (TPSA) is 49.4 Å². The van der Waals surface area contributed by atoms with Gasteiger partial charge in [-0.2, -0.15) is 0 Å². The summed E-state index contributed by atoms with van der Waals surface area (Å²) in [6.07, 6.45) is 2.40. The molecule has 20 heavy (non-hydrogen) atoms. The van der Waals surface area contributed by atoms with Gasteiger partial charge in [-0.25, -0.2) is 0 Å². The highest BCUT2D eigenvalue weighted by Gasteiger charge is 2.37. The standard InChI is InChI=1S/C16H20N2O2/c1-11(12-6-8-17-9-7-12)18-15(19)10-13-4-2-3-5-14(13)16(18)20/h2-5,11-12,17H,6-10H2,1H3. The predicted molar refractivity (Wildman–Crippen MR) is 76.4 cm³/mol. The van der Waals surface area contributed by atoms with E-state index in [9.17, 15) is 9.59 Å². The lowest BCUT2D eigenvalue weighted by atomic mass is 9.88. The van der Waals surface area contributed by atoms with Gasteiger partial charge in [0.05, 0.1) is 6.42 Å². The highest BCUT2D eigenvalue weighted by molar-refractivity contribution is 6.09. The summed E-state index contributed by atoms with van der Waals surface area (Å²) in [5.74, 6) is 0.233. The van der Waals surface area contributed by atoms with Crippen molar-refractivity contribution >= 4 is 11.8 Å². The van der Waals surface area contributed by atoms with Gasteiger partial charge in [0.2, 0.25) is 5.91 Å². The van der Waals surface area contributed by atoms with Crippen LogP contribution in [0.5, 0.6) is 0 Å². The van der Waals surface area contributed by atoms with E-state index in [1.165, 1.54) is 4.90 Å². The van der Waals surface area contributed by atoms with E-state index in [1.807, 2.05) is 31.2 Å². The van der Waals surface area contributed by atoms with Crippen LogP contribution in [0.15, 0.2) is 24.3 Å². The molecule has 0 spiro atoms. The number of imide groups is 1. The Hall–Kier alpha value is -1.68. The van der Waals surface area contributed by atoms with Gasteiger partial charge in [0.25, 0.3) is 5.91 Å². The fourth-order valence-electron chi connectivity index (χ4n) is 3.32. The molecule has 2 heterocycles. The highest BCUT2D eigenvalue weighted by Crippen LogP contribution is 2.27. The first-order chi connectivity index (χ1) is 9.68. The number of piperidine rings is 1. The first-order valence-electron chi connectivity index (χ1n) is 7.33. The van der Waals surface area contributed by atoms with Crippen LogP contribution in [-0.2, 0) is 11.2 Å². The lowest BCUT2D eigenvalue weighted by Crippen LogP contribution is -2.51. The van der Waals surface area contributed by atoms with Gasteiger partial charge in [0, 0.05) is 11.6 Å². The van der Waals surface area contributed by atoms with Crippen LogP contribution in [0, 0.1) is 5.92 Å². The average Bonchev–Trinajstić information content (AvgIpc) is 2.48. The molecule has 0 aliphatic carbocycles. The summed E-state index contributed by atoms with van der Waals surface area (Å²) in [7, 11) is 0. The zero-order valence-corrected chi connectivity index (χ0v) is 11.8. The van der Waals surface area contributed by atoms with Gasteiger partial charge in [-0.1, -0.05) is 18.2 Å². The molecule has 1 aromatic rings. The molecule has 2 aliphatic rings. The summed E-state index contributed by atoms with van der Waals surface area (Å²) < 4.78 is 0. The number of hydrogen-bond acceptors (Lipinski definition) is 3. The molecule has 4 heteroatoms. The zero-order valence-electron chi connectivity index (χ0n) is 11.8. The van der Waals surface area contributed by atoms with Crippen LogP contribution in [0.3, 0.4) is 0 Å². The number of benzene rings is 1. The van der Waals surface area contributed by atoms with Gasteiger partial charge in [-0.15, -0.1) is 0 Å². The van der Waals surface area contributed by atoms with Crippen molar-refractivity contribution in [3.8, 4) is 0 Å². The highest BCUT2D eigenvalue weighted by atomic mass is 16.2. The van der Waals surface area contributed by atoms with E-state index in [-0.39, 0.29) is 17.9 Å². The Morgan fingerprint density at radius 3 is 2.65 bits per heavy atom. The molecule has 106 valence electrons. The van der Waals surface area contributed by atoms with Crippen LogP contribution in [0.1, 0.15) is 35.7 Å². The maximum Gasteiger partial charge on any atom is 0.261 e. The minimum absolute atomic E-state index is 0.00884. The molecule has 1 unspecified atom stereocenters. The fourth-order valence-corrected chi connectivity index (χ4v) is 3.32. The van der Waals surface area contributed by atoms with Crippen LogP contribution in [0.2, 0.25) is 0 Å². The predicted octanol–water partition coefficient (Wildman–Crippen LogP) is 1.60. The van der Waals surface area contributed by atoms with E-state index in [4.69, 9.17) is 0 Å². The first kappa shape index (κ1) is 13.3. The number of rotatable bonds is 2. The summed E-state index contributed by atoms with van der Waals surface area (Å²) in [5, 5.41) is 3.32. The Morgan fingerprint density at radius 1 is 1.20 bits per heavy atom. The van der Waals surface area contributed by atoms with E-state index >= 15 is 0 Å². The van der Waals surface area contributed by atoms with Crippen LogP contribution in [-0.4, -0.2) is 35.8 Å². The van der Waals surface area contributed by atoms with Crippen molar-refractivity contribution in [3.05, 3.63) is 35.4 Å². The molecule has 0 saturated carbocycles. The van der Waals surface area contributed by atoms with Crippen molar-refractivity contribution < 1.29 is 9.59 Å². The third kappa shape index (κ3) is 2.24. The largest absolute Gasteiger partial charge is 0.317 e. The number of nitrogens with one attached hydrogen (secondary N) is 1. The van der Waals surface area contributed by atoms with Gasteiger partial charge in [-0.3, -0.25) is 14.5 Å². The van der Waals surface area contributed by atoms with E-state index in [2.05, 4.69) is 5.32 Å². The molecule has 0 bridgehead atoms. The van der Waals surface area contributed by atoms with Crippen LogP contribution >= 0.6 is 0 Å². The maximum absolute atomic E-state index is 12.6. The number of nitrogens with zero attached hydrogens (tertiary/aromatic N) is 1. The summed E-state index contributed by atoms with van der Waals surface area (Å²) in [6, 6.07) is 7.43. The van der Waals surface area contributed by atoms with E-state index < -0.39 is 0 Å². The molecule has 2 amide bonds. The molecule has 1 N–H and O–H groups in total. The minimum Gasteiger partial charge on any atom is -0.317 e. The van der Waals surface area contributed by atoms with Crippen molar-refractivity contribution in [2.75, 3.05) is 13.1 Å². The molecule has 1 saturated heterocycles. The van der Waals surface area contributed by atoms with Crippen molar-refractivity contribution in [3.63, 3.8) is 0 Å². The third-order valence-corrected chi connectivity index (χ3v) is 4.55. The van der Waals surface area contributed by atoms with Crippen molar-refractivity contribution in [2.45, 2.75) is 32.2 Å². The first-order valence-corrected chi connectivity index (χ1v) is 7.33. The summed E-state index contributed by atoms with van der Waals surface area (Å²) in [4.78, 5) is 26.4. The zero-order chi connectivity index (χ0) is 14.1. The normalized spacial score (nSPS) is 21.8. The average molecular weight is 272 g/mol. The lowest BCUT2D eigenvalue weighted by molar-refractivity contribution is -0.131. The lowest BCUT2D eigenvalue weighted by Gasteiger charge is -2.37. The molecule has 1 atom stereocenters. The molecular weight excluding hydrogens is 252 g/mol.